The second kappa shape index (κ2) is 7.28. The quantitative estimate of drug-likeness (QED) is 0.713. The van der Waals surface area contributed by atoms with Crippen LogP contribution in [-0.4, -0.2) is 24.9 Å². The maximum atomic E-state index is 12.2. The average Bonchev–Trinajstić information content (AvgIpc) is 2.36. The van der Waals surface area contributed by atoms with Crippen molar-refractivity contribution in [1.82, 2.24) is 0 Å². The summed E-state index contributed by atoms with van der Waals surface area (Å²) in [5.41, 5.74) is 0.152. The first-order valence-electron chi connectivity index (χ1n) is 6.39. The Labute approximate surface area is 115 Å². The third-order valence-corrected chi connectivity index (χ3v) is 2.56. The van der Waals surface area contributed by atoms with Crippen molar-refractivity contribution in [3.05, 3.63) is 29.8 Å². The van der Waals surface area contributed by atoms with E-state index in [1.54, 1.807) is 6.92 Å². The topological polar surface area (TPSA) is 35.5 Å². The minimum Gasteiger partial charge on any atom is -0.406 e. The summed E-state index contributed by atoms with van der Waals surface area (Å²) < 4.78 is 45.6. The Morgan fingerprint density at radius 1 is 1.30 bits per heavy atom. The Hall–Kier alpha value is -1.56. The van der Waals surface area contributed by atoms with Gasteiger partial charge in [-0.1, -0.05) is 25.5 Å². The first kappa shape index (κ1) is 16.5. The molecule has 0 aromatic heterocycles. The number of alkyl halides is 3. The molecule has 0 radical (unpaired) electrons. The molecular formula is C14H17F3O3. The van der Waals surface area contributed by atoms with Gasteiger partial charge in [-0.2, -0.15) is 0 Å². The average molecular weight is 290 g/mol. The molecule has 0 N–H and O–H groups in total. The van der Waals surface area contributed by atoms with Crippen LogP contribution in [0, 0.1) is 0 Å². The number of ketones is 1. The molecular weight excluding hydrogens is 273 g/mol. The lowest BCUT2D eigenvalue weighted by Crippen LogP contribution is -2.24. The van der Waals surface area contributed by atoms with E-state index in [9.17, 15) is 18.0 Å². The van der Waals surface area contributed by atoms with Crippen LogP contribution in [0.3, 0.4) is 0 Å². The van der Waals surface area contributed by atoms with E-state index in [0.29, 0.717) is 13.0 Å². The Balaban J connectivity index is 2.89. The predicted octanol–water partition coefficient (Wildman–Crippen LogP) is 3.97. The standard InChI is InChI=1S/C14H17F3O3/c1-3-6-12(19-4-2)13(18)10-7-5-8-11(9-10)20-14(15,16)17/h5,7-9,12H,3-4,6H2,1-2H3. The van der Waals surface area contributed by atoms with Gasteiger partial charge in [-0.3, -0.25) is 4.79 Å². The largest absolute Gasteiger partial charge is 0.573 e. The Kier molecular flexibility index (Phi) is 6.01. The van der Waals surface area contributed by atoms with E-state index >= 15 is 0 Å². The maximum Gasteiger partial charge on any atom is 0.573 e. The second-order valence-electron chi connectivity index (χ2n) is 4.17. The van der Waals surface area contributed by atoms with Gasteiger partial charge in [-0.05, 0) is 25.5 Å². The molecule has 0 fully saturated rings. The van der Waals surface area contributed by atoms with Crippen LogP contribution < -0.4 is 4.74 Å². The molecule has 3 nitrogen and oxygen atoms in total. The molecule has 1 aromatic rings. The van der Waals surface area contributed by atoms with Crippen molar-refractivity contribution in [2.45, 2.75) is 39.2 Å². The minimum atomic E-state index is -4.77. The Morgan fingerprint density at radius 2 is 2.00 bits per heavy atom. The van der Waals surface area contributed by atoms with Gasteiger partial charge >= 0.3 is 6.36 Å². The van der Waals surface area contributed by atoms with Gasteiger partial charge in [0.2, 0.25) is 0 Å². The summed E-state index contributed by atoms with van der Waals surface area (Å²) in [4.78, 5) is 12.2. The molecule has 112 valence electrons. The molecule has 0 aliphatic rings. The number of benzene rings is 1. The van der Waals surface area contributed by atoms with Crippen molar-refractivity contribution in [2.75, 3.05) is 6.61 Å². The minimum absolute atomic E-state index is 0.152. The van der Waals surface area contributed by atoms with Crippen LogP contribution in [0.2, 0.25) is 0 Å². The third-order valence-electron chi connectivity index (χ3n) is 2.56. The molecule has 0 amide bonds. The van der Waals surface area contributed by atoms with Crippen molar-refractivity contribution in [2.24, 2.45) is 0 Å². The summed E-state index contributed by atoms with van der Waals surface area (Å²) in [6.07, 6.45) is -4.14. The van der Waals surface area contributed by atoms with Gasteiger partial charge in [0.1, 0.15) is 11.9 Å². The molecule has 0 saturated heterocycles. The second-order valence-corrected chi connectivity index (χ2v) is 4.17. The highest BCUT2D eigenvalue weighted by Gasteiger charge is 2.31. The first-order valence-corrected chi connectivity index (χ1v) is 6.39. The molecule has 1 rings (SSSR count). The summed E-state index contributed by atoms with van der Waals surface area (Å²) in [7, 11) is 0. The Morgan fingerprint density at radius 3 is 2.55 bits per heavy atom. The summed E-state index contributed by atoms with van der Waals surface area (Å²) in [6.45, 7) is 4.04. The number of rotatable bonds is 7. The van der Waals surface area contributed by atoms with E-state index in [1.165, 1.54) is 12.1 Å². The number of Topliss-reactive ketones (excluding diaryl/α,β-unsaturated/α-hetero) is 1. The molecule has 0 saturated carbocycles. The van der Waals surface area contributed by atoms with E-state index < -0.39 is 18.2 Å². The molecule has 0 bridgehead atoms. The first-order chi connectivity index (χ1) is 9.37. The van der Waals surface area contributed by atoms with Crippen molar-refractivity contribution < 1.29 is 27.4 Å². The lowest BCUT2D eigenvalue weighted by molar-refractivity contribution is -0.274. The van der Waals surface area contributed by atoms with Gasteiger partial charge in [0.05, 0.1) is 0 Å². The van der Waals surface area contributed by atoms with Gasteiger partial charge in [-0.15, -0.1) is 13.2 Å². The summed E-state index contributed by atoms with van der Waals surface area (Å²) in [6, 6.07) is 5.04. The zero-order chi connectivity index (χ0) is 15.2. The van der Waals surface area contributed by atoms with Gasteiger partial charge in [0.25, 0.3) is 0 Å². The summed E-state index contributed by atoms with van der Waals surface area (Å²) >= 11 is 0. The number of ether oxygens (including phenoxy) is 2. The molecule has 1 unspecified atom stereocenters. The van der Waals surface area contributed by atoms with Crippen molar-refractivity contribution >= 4 is 5.78 Å². The molecule has 0 aliphatic carbocycles. The van der Waals surface area contributed by atoms with E-state index in [0.717, 1.165) is 18.6 Å². The molecule has 0 spiro atoms. The Bertz CT molecular complexity index is 438. The molecule has 20 heavy (non-hydrogen) atoms. The zero-order valence-corrected chi connectivity index (χ0v) is 11.4. The van der Waals surface area contributed by atoms with Crippen LogP contribution in [0.4, 0.5) is 13.2 Å². The molecule has 1 aromatic carbocycles. The van der Waals surface area contributed by atoms with Crippen LogP contribution in [0.5, 0.6) is 5.75 Å². The van der Waals surface area contributed by atoms with E-state index in [-0.39, 0.29) is 11.3 Å². The van der Waals surface area contributed by atoms with E-state index in [4.69, 9.17) is 4.74 Å². The summed E-state index contributed by atoms with van der Waals surface area (Å²) in [5.74, 6) is -0.739. The fourth-order valence-corrected chi connectivity index (χ4v) is 1.79. The molecule has 0 heterocycles. The van der Waals surface area contributed by atoms with Crippen LogP contribution in [0.1, 0.15) is 37.0 Å². The normalized spacial score (nSPS) is 13.1. The highest BCUT2D eigenvalue weighted by atomic mass is 19.4. The number of carbonyl (C=O) groups is 1. The predicted molar refractivity (Wildman–Crippen MR) is 67.8 cm³/mol. The monoisotopic (exact) mass is 290 g/mol. The van der Waals surface area contributed by atoms with Crippen molar-refractivity contribution in [3.63, 3.8) is 0 Å². The van der Waals surface area contributed by atoms with Gasteiger partial charge < -0.3 is 9.47 Å². The number of carbonyl (C=O) groups excluding carboxylic acids is 1. The zero-order valence-electron chi connectivity index (χ0n) is 11.4. The fourth-order valence-electron chi connectivity index (χ4n) is 1.79. The van der Waals surface area contributed by atoms with Crippen LogP contribution in [0.25, 0.3) is 0 Å². The molecule has 1 atom stereocenters. The highest BCUT2D eigenvalue weighted by molar-refractivity contribution is 5.99. The van der Waals surface area contributed by atoms with Gasteiger partial charge in [0.15, 0.2) is 5.78 Å². The van der Waals surface area contributed by atoms with Crippen molar-refractivity contribution in [1.29, 1.82) is 0 Å². The third kappa shape index (κ3) is 5.21. The van der Waals surface area contributed by atoms with Gasteiger partial charge in [0, 0.05) is 12.2 Å². The van der Waals surface area contributed by atoms with Crippen molar-refractivity contribution in [3.8, 4) is 5.75 Å². The van der Waals surface area contributed by atoms with Gasteiger partial charge in [-0.25, -0.2) is 0 Å². The maximum absolute atomic E-state index is 12.2. The number of hydrogen-bond acceptors (Lipinski definition) is 3. The van der Waals surface area contributed by atoms with Crippen LogP contribution >= 0.6 is 0 Å². The molecule has 6 heteroatoms. The van der Waals surface area contributed by atoms with E-state index in [1.807, 2.05) is 6.92 Å². The number of halogens is 3. The smallest absolute Gasteiger partial charge is 0.406 e. The fraction of sp³-hybridized carbons (Fsp3) is 0.500. The van der Waals surface area contributed by atoms with E-state index in [2.05, 4.69) is 4.74 Å². The number of hydrogen-bond donors (Lipinski definition) is 0. The molecule has 0 aliphatic heterocycles. The lowest BCUT2D eigenvalue weighted by atomic mass is 10.0. The highest BCUT2D eigenvalue weighted by Crippen LogP contribution is 2.24. The summed E-state index contributed by atoms with van der Waals surface area (Å²) in [5, 5.41) is 0. The van der Waals surface area contributed by atoms with Crippen LogP contribution in [-0.2, 0) is 4.74 Å². The lowest BCUT2D eigenvalue weighted by Gasteiger charge is -2.16. The van der Waals surface area contributed by atoms with Crippen LogP contribution in [0.15, 0.2) is 24.3 Å². The SMILES string of the molecule is CCCC(OCC)C(=O)c1cccc(OC(F)(F)F)c1.